The van der Waals surface area contributed by atoms with Gasteiger partial charge in [0.1, 0.15) is 0 Å². The van der Waals surface area contributed by atoms with Gasteiger partial charge in [-0.25, -0.2) is 5.43 Å². The largest absolute Gasteiger partial charge is 0.326 e. The molecule has 2 N–H and O–H groups in total. The third-order valence-electron chi connectivity index (χ3n) is 1.96. The third kappa shape index (κ3) is 4.39. The summed E-state index contributed by atoms with van der Waals surface area (Å²) in [6.45, 7) is 9.65. The maximum Gasteiger partial charge on any atom is 0.0250 e. The molecule has 0 fully saturated rings. The average Bonchev–Trinajstić information content (AvgIpc) is 2.11. The molecule has 0 saturated carbocycles. The van der Waals surface area contributed by atoms with E-state index in [4.69, 9.17) is 0 Å². The second-order valence-electron chi connectivity index (χ2n) is 3.02. The van der Waals surface area contributed by atoms with Crippen LogP contribution >= 0.6 is 0 Å². The van der Waals surface area contributed by atoms with Gasteiger partial charge in [-0.15, -0.1) is 0 Å². The summed E-state index contributed by atoms with van der Waals surface area (Å²) in [5, 5.41) is 0. The average molecular weight is 170 g/mol. The quantitative estimate of drug-likeness (QED) is 0.599. The Morgan fingerprint density at radius 2 is 1.83 bits per heavy atom. The van der Waals surface area contributed by atoms with Gasteiger partial charge in [-0.2, -0.15) is 0 Å². The van der Waals surface area contributed by atoms with Crippen LogP contribution in [0.4, 0.5) is 0 Å². The first-order valence-corrected chi connectivity index (χ1v) is 4.93. The van der Waals surface area contributed by atoms with Crippen molar-refractivity contribution in [3.8, 4) is 0 Å². The Hall–Kier alpha value is -0.500. The number of rotatable bonds is 6. The number of allylic oxidation sites excluding steroid dienone is 2. The van der Waals surface area contributed by atoms with Crippen molar-refractivity contribution in [2.45, 2.75) is 47.0 Å². The molecule has 0 heterocycles. The fraction of sp³-hybridized carbons (Fsp3) is 0.800. The minimum Gasteiger partial charge on any atom is -0.326 e. The van der Waals surface area contributed by atoms with Crippen LogP contribution < -0.4 is 10.9 Å². The zero-order chi connectivity index (χ0) is 9.40. The smallest absolute Gasteiger partial charge is 0.0250 e. The van der Waals surface area contributed by atoms with Gasteiger partial charge < -0.3 is 5.43 Å². The van der Waals surface area contributed by atoms with Crippen molar-refractivity contribution >= 4 is 0 Å². The van der Waals surface area contributed by atoms with Crippen LogP contribution in [-0.4, -0.2) is 6.54 Å². The van der Waals surface area contributed by atoms with Crippen LogP contribution in [0.15, 0.2) is 11.3 Å². The van der Waals surface area contributed by atoms with Gasteiger partial charge in [0.2, 0.25) is 0 Å². The lowest BCUT2D eigenvalue weighted by atomic mass is 10.1. The normalized spacial score (nSPS) is 12.7. The number of hydrogen-bond donors (Lipinski definition) is 2. The predicted octanol–water partition coefficient (Wildman–Crippen LogP) is 2.58. The highest BCUT2D eigenvalue weighted by Crippen LogP contribution is 2.09. The second-order valence-corrected chi connectivity index (χ2v) is 3.02. The van der Waals surface area contributed by atoms with Gasteiger partial charge in [0.25, 0.3) is 0 Å². The summed E-state index contributed by atoms with van der Waals surface area (Å²) in [6, 6.07) is 0. The van der Waals surface area contributed by atoms with E-state index >= 15 is 0 Å². The molecule has 2 heteroatoms. The van der Waals surface area contributed by atoms with Gasteiger partial charge >= 0.3 is 0 Å². The van der Waals surface area contributed by atoms with Crippen molar-refractivity contribution in [2.24, 2.45) is 0 Å². The van der Waals surface area contributed by atoms with Crippen molar-refractivity contribution in [2.75, 3.05) is 6.54 Å². The Morgan fingerprint density at radius 1 is 1.17 bits per heavy atom. The fourth-order valence-electron chi connectivity index (χ4n) is 1.04. The number of hydrazine groups is 1. The summed E-state index contributed by atoms with van der Waals surface area (Å²) in [5.41, 5.74) is 9.21. The molecule has 0 radical (unpaired) electrons. The van der Waals surface area contributed by atoms with Gasteiger partial charge in [-0.3, -0.25) is 0 Å². The van der Waals surface area contributed by atoms with Crippen molar-refractivity contribution in [3.63, 3.8) is 0 Å². The van der Waals surface area contributed by atoms with Crippen LogP contribution in [0, 0.1) is 0 Å². The monoisotopic (exact) mass is 170 g/mol. The van der Waals surface area contributed by atoms with E-state index in [1.807, 2.05) is 0 Å². The lowest BCUT2D eigenvalue weighted by Crippen LogP contribution is -2.31. The van der Waals surface area contributed by atoms with Crippen molar-refractivity contribution in [1.29, 1.82) is 0 Å². The van der Waals surface area contributed by atoms with Gasteiger partial charge in [-0.1, -0.05) is 32.8 Å². The zero-order valence-corrected chi connectivity index (χ0v) is 8.83. The molecule has 0 aliphatic carbocycles. The Bertz CT molecular complexity index is 139. The van der Waals surface area contributed by atoms with E-state index in [0.29, 0.717) is 0 Å². The van der Waals surface area contributed by atoms with Gasteiger partial charge in [0.15, 0.2) is 0 Å². The SMILES string of the molecule is CCC/C(NNCC)=C(/C)CC. The molecular weight excluding hydrogens is 148 g/mol. The van der Waals surface area contributed by atoms with Crippen LogP contribution in [0.1, 0.15) is 47.0 Å². The molecule has 72 valence electrons. The Labute approximate surface area is 76.4 Å². The molecule has 0 atom stereocenters. The summed E-state index contributed by atoms with van der Waals surface area (Å²) in [6.07, 6.45) is 3.48. The van der Waals surface area contributed by atoms with Crippen molar-refractivity contribution in [3.05, 3.63) is 11.3 Å². The number of nitrogens with one attached hydrogen (secondary N) is 2. The lowest BCUT2D eigenvalue weighted by molar-refractivity contribution is 0.590. The molecule has 0 aliphatic rings. The molecule has 0 bridgehead atoms. The van der Waals surface area contributed by atoms with Crippen LogP contribution in [0.5, 0.6) is 0 Å². The Morgan fingerprint density at radius 3 is 2.25 bits per heavy atom. The van der Waals surface area contributed by atoms with E-state index in [0.717, 1.165) is 19.4 Å². The standard InChI is InChI=1S/C10H22N2/c1-5-8-10(9(4)6-2)12-11-7-3/h11-12H,5-8H2,1-4H3/b10-9+. The summed E-state index contributed by atoms with van der Waals surface area (Å²) in [7, 11) is 0. The maximum absolute atomic E-state index is 3.25. The zero-order valence-electron chi connectivity index (χ0n) is 8.83. The highest BCUT2D eigenvalue weighted by Gasteiger charge is 1.98. The third-order valence-corrected chi connectivity index (χ3v) is 1.96. The molecule has 0 amide bonds. The molecule has 0 saturated heterocycles. The lowest BCUT2D eigenvalue weighted by Gasteiger charge is -2.13. The fourth-order valence-corrected chi connectivity index (χ4v) is 1.04. The topological polar surface area (TPSA) is 24.1 Å². The van der Waals surface area contributed by atoms with E-state index in [9.17, 15) is 0 Å². The molecule has 0 rings (SSSR count). The number of hydrogen-bond acceptors (Lipinski definition) is 2. The van der Waals surface area contributed by atoms with Gasteiger partial charge in [0.05, 0.1) is 0 Å². The van der Waals surface area contributed by atoms with E-state index in [1.54, 1.807) is 0 Å². The predicted molar refractivity (Wildman–Crippen MR) is 54.7 cm³/mol. The first-order chi connectivity index (χ1) is 5.76. The molecule has 0 aromatic carbocycles. The maximum atomic E-state index is 3.25. The van der Waals surface area contributed by atoms with E-state index in [-0.39, 0.29) is 0 Å². The van der Waals surface area contributed by atoms with E-state index in [2.05, 4.69) is 38.5 Å². The molecule has 12 heavy (non-hydrogen) atoms. The highest BCUT2D eigenvalue weighted by molar-refractivity contribution is 5.08. The molecular formula is C10H22N2. The first-order valence-electron chi connectivity index (χ1n) is 4.93. The summed E-state index contributed by atoms with van der Waals surface area (Å²) < 4.78 is 0. The van der Waals surface area contributed by atoms with Gasteiger partial charge in [0, 0.05) is 12.2 Å². The minimum atomic E-state index is 0.963. The summed E-state index contributed by atoms with van der Waals surface area (Å²) in [4.78, 5) is 0. The van der Waals surface area contributed by atoms with Gasteiger partial charge in [-0.05, 0) is 19.8 Å². The van der Waals surface area contributed by atoms with Crippen LogP contribution in [0.2, 0.25) is 0 Å². The van der Waals surface area contributed by atoms with Crippen LogP contribution in [0.25, 0.3) is 0 Å². The van der Waals surface area contributed by atoms with Crippen molar-refractivity contribution < 1.29 is 0 Å². The Balaban J connectivity index is 4.02. The molecule has 0 aromatic heterocycles. The molecule has 2 nitrogen and oxygen atoms in total. The molecule has 0 aromatic rings. The van der Waals surface area contributed by atoms with Crippen LogP contribution in [-0.2, 0) is 0 Å². The van der Waals surface area contributed by atoms with Crippen LogP contribution in [0.3, 0.4) is 0 Å². The molecule has 0 unspecified atom stereocenters. The first kappa shape index (κ1) is 11.5. The highest BCUT2D eigenvalue weighted by atomic mass is 15.4. The minimum absolute atomic E-state index is 0.963. The van der Waals surface area contributed by atoms with E-state index in [1.165, 1.54) is 17.7 Å². The Kier molecular flexibility index (Phi) is 6.87. The second kappa shape index (κ2) is 7.17. The van der Waals surface area contributed by atoms with E-state index < -0.39 is 0 Å². The summed E-state index contributed by atoms with van der Waals surface area (Å²) >= 11 is 0. The molecule has 0 aliphatic heterocycles. The summed E-state index contributed by atoms with van der Waals surface area (Å²) in [5.74, 6) is 0. The van der Waals surface area contributed by atoms with Crippen molar-refractivity contribution in [1.82, 2.24) is 10.9 Å². The molecule has 0 spiro atoms.